The number of hydrogen-bond acceptors (Lipinski definition) is 5. The Balaban J connectivity index is 1.36. The lowest BCUT2D eigenvalue weighted by Crippen LogP contribution is -2.46. The largest absolute Gasteiger partial charge is 0.389 e. The quantitative estimate of drug-likeness (QED) is 0.342. The first-order chi connectivity index (χ1) is 19.1. The molecule has 3 heterocycles. The number of rotatable bonds is 7. The SMILES string of the molecule is Cc1ncc(-c2ccc3c(c2)c(C(C)O)cn3CC(=O)N2CC(F)CC2C(=O)NCc2cccc(Cl)c2F)cn1. The first-order valence-corrected chi connectivity index (χ1v) is 13.2. The van der Waals surface area contributed by atoms with Gasteiger partial charge in [0, 0.05) is 59.1 Å². The Labute approximate surface area is 234 Å². The minimum atomic E-state index is -1.36. The molecule has 8 nitrogen and oxygen atoms in total. The van der Waals surface area contributed by atoms with Gasteiger partial charge < -0.3 is 19.9 Å². The number of aromatic nitrogens is 3. The van der Waals surface area contributed by atoms with E-state index in [2.05, 4.69) is 15.3 Å². The molecule has 1 aliphatic heterocycles. The van der Waals surface area contributed by atoms with E-state index in [1.54, 1.807) is 43.1 Å². The van der Waals surface area contributed by atoms with Gasteiger partial charge in [0.15, 0.2) is 0 Å². The Bertz CT molecular complexity index is 1570. The van der Waals surface area contributed by atoms with E-state index in [0.717, 1.165) is 16.5 Å². The van der Waals surface area contributed by atoms with Crippen molar-refractivity contribution in [2.24, 2.45) is 0 Å². The number of halogens is 3. The van der Waals surface area contributed by atoms with E-state index in [-0.39, 0.29) is 36.6 Å². The average molecular weight is 568 g/mol. The van der Waals surface area contributed by atoms with Crippen LogP contribution in [0, 0.1) is 12.7 Å². The molecule has 0 aliphatic carbocycles. The number of aryl methyl sites for hydroxylation is 1. The van der Waals surface area contributed by atoms with Gasteiger partial charge in [0.2, 0.25) is 11.8 Å². The molecular formula is C29H28ClF2N5O3. The van der Waals surface area contributed by atoms with Crippen LogP contribution in [0.1, 0.15) is 36.4 Å². The minimum absolute atomic E-state index is 0.0666. The zero-order chi connectivity index (χ0) is 28.6. The number of nitrogens with zero attached hydrogens (tertiary/aromatic N) is 4. The van der Waals surface area contributed by atoms with Crippen molar-refractivity contribution in [1.82, 2.24) is 24.8 Å². The molecule has 0 spiro atoms. The summed E-state index contributed by atoms with van der Waals surface area (Å²) >= 11 is 5.81. The summed E-state index contributed by atoms with van der Waals surface area (Å²) in [5, 5.41) is 13.7. The van der Waals surface area contributed by atoms with Crippen molar-refractivity contribution in [3.8, 4) is 11.1 Å². The van der Waals surface area contributed by atoms with E-state index < -0.39 is 35.9 Å². The molecule has 2 aromatic heterocycles. The predicted octanol–water partition coefficient (Wildman–Crippen LogP) is 4.51. The third kappa shape index (κ3) is 5.55. The molecule has 11 heteroatoms. The number of carbonyl (C=O) groups excluding carboxylic acids is 2. The number of alkyl halides is 1. The van der Waals surface area contributed by atoms with Crippen LogP contribution in [0.15, 0.2) is 55.0 Å². The highest BCUT2D eigenvalue weighted by molar-refractivity contribution is 6.30. The maximum Gasteiger partial charge on any atom is 0.243 e. The normalized spacial score (nSPS) is 17.8. The first kappa shape index (κ1) is 27.7. The molecule has 208 valence electrons. The van der Waals surface area contributed by atoms with Crippen LogP contribution in [-0.4, -0.2) is 55.1 Å². The Hall–Kier alpha value is -3.89. The van der Waals surface area contributed by atoms with Crippen LogP contribution >= 0.6 is 11.6 Å². The summed E-state index contributed by atoms with van der Waals surface area (Å²) in [4.78, 5) is 36.1. The van der Waals surface area contributed by atoms with E-state index in [1.807, 2.05) is 18.2 Å². The summed E-state index contributed by atoms with van der Waals surface area (Å²) in [6.07, 6.45) is 2.82. The number of aliphatic hydroxyl groups is 1. The predicted molar refractivity (Wildman–Crippen MR) is 147 cm³/mol. The average Bonchev–Trinajstić information content (AvgIpc) is 3.50. The van der Waals surface area contributed by atoms with E-state index in [1.165, 1.54) is 17.0 Å². The fraction of sp³-hybridized carbons (Fsp3) is 0.310. The summed E-state index contributed by atoms with van der Waals surface area (Å²) in [5.74, 6) is -1.00. The van der Waals surface area contributed by atoms with Crippen LogP contribution in [0.4, 0.5) is 8.78 Å². The topological polar surface area (TPSA) is 100 Å². The molecule has 2 N–H and O–H groups in total. The maximum atomic E-state index is 14.5. The highest BCUT2D eigenvalue weighted by Gasteiger charge is 2.39. The maximum absolute atomic E-state index is 14.5. The molecule has 1 fully saturated rings. The van der Waals surface area contributed by atoms with Crippen LogP contribution in [0.3, 0.4) is 0 Å². The zero-order valence-corrected chi connectivity index (χ0v) is 22.7. The molecule has 40 heavy (non-hydrogen) atoms. The second-order valence-corrected chi connectivity index (χ2v) is 10.4. The van der Waals surface area contributed by atoms with Crippen molar-refractivity contribution in [2.45, 2.75) is 51.7 Å². The Morgan fingerprint density at radius 3 is 2.67 bits per heavy atom. The second-order valence-electron chi connectivity index (χ2n) is 9.96. The standard InChI is InChI=1S/C29H28ClF2N5O3/c1-16(38)23-14-36(25-7-6-18(8-22(23)25)20-11-33-17(2)34-12-20)15-27(39)37-13-21(31)9-26(37)29(40)35-10-19-4-3-5-24(30)28(19)32/h3-8,11-12,14,16,21,26,38H,9-10,13,15H2,1-2H3,(H,35,40). The molecule has 5 rings (SSSR count). The Kier molecular flexibility index (Phi) is 7.82. The second kappa shape index (κ2) is 11.3. The fourth-order valence-corrected chi connectivity index (χ4v) is 5.23. The molecular weight excluding hydrogens is 540 g/mol. The van der Waals surface area contributed by atoms with Gasteiger partial charge in [-0.3, -0.25) is 9.59 Å². The van der Waals surface area contributed by atoms with E-state index in [9.17, 15) is 23.5 Å². The zero-order valence-electron chi connectivity index (χ0n) is 21.9. The van der Waals surface area contributed by atoms with Crippen molar-refractivity contribution in [1.29, 1.82) is 0 Å². The van der Waals surface area contributed by atoms with Crippen LogP contribution in [-0.2, 0) is 22.7 Å². The lowest BCUT2D eigenvalue weighted by atomic mass is 10.0. The number of nitrogens with one attached hydrogen (secondary N) is 1. The van der Waals surface area contributed by atoms with Gasteiger partial charge in [-0.25, -0.2) is 18.7 Å². The molecule has 3 atom stereocenters. The van der Waals surface area contributed by atoms with Gasteiger partial charge in [-0.05, 0) is 37.6 Å². The Morgan fingerprint density at radius 1 is 1.20 bits per heavy atom. The molecule has 3 unspecified atom stereocenters. The van der Waals surface area contributed by atoms with Crippen molar-refractivity contribution < 1.29 is 23.5 Å². The van der Waals surface area contributed by atoms with Crippen LogP contribution in [0.5, 0.6) is 0 Å². The molecule has 0 bridgehead atoms. The fourth-order valence-electron chi connectivity index (χ4n) is 5.04. The van der Waals surface area contributed by atoms with Crippen molar-refractivity contribution >= 4 is 34.3 Å². The number of carbonyl (C=O) groups is 2. The van der Waals surface area contributed by atoms with E-state index in [4.69, 9.17) is 11.6 Å². The van der Waals surface area contributed by atoms with Gasteiger partial charge >= 0.3 is 0 Å². The number of fused-ring (bicyclic) bond motifs is 1. The minimum Gasteiger partial charge on any atom is -0.389 e. The smallest absolute Gasteiger partial charge is 0.243 e. The summed E-state index contributed by atoms with van der Waals surface area (Å²) < 4.78 is 30.4. The van der Waals surface area contributed by atoms with E-state index in [0.29, 0.717) is 16.9 Å². The summed E-state index contributed by atoms with van der Waals surface area (Å²) in [6.45, 7) is 2.92. The monoisotopic (exact) mass is 567 g/mol. The first-order valence-electron chi connectivity index (χ1n) is 12.9. The van der Waals surface area contributed by atoms with Crippen LogP contribution in [0.25, 0.3) is 22.0 Å². The molecule has 0 saturated carbocycles. The van der Waals surface area contributed by atoms with Gasteiger partial charge in [0.25, 0.3) is 0 Å². The molecule has 4 aromatic rings. The van der Waals surface area contributed by atoms with Crippen molar-refractivity contribution in [2.75, 3.05) is 6.54 Å². The number of benzene rings is 2. The van der Waals surface area contributed by atoms with Gasteiger partial charge in [0.05, 0.1) is 17.7 Å². The Morgan fingerprint density at radius 2 is 1.95 bits per heavy atom. The highest BCUT2D eigenvalue weighted by atomic mass is 35.5. The summed E-state index contributed by atoms with van der Waals surface area (Å²) in [6, 6.07) is 9.05. The lowest BCUT2D eigenvalue weighted by molar-refractivity contribution is -0.139. The molecule has 1 saturated heterocycles. The summed E-state index contributed by atoms with van der Waals surface area (Å²) in [7, 11) is 0. The van der Waals surface area contributed by atoms with Gasteiger partial charge in [-0.15, -0.1) is 0 Å². The highest BCUT2D eigenvalue weighted by Crippen LogP contribution is 2.31. The third-order valence-corrected chi connectivity index (χ3v) is 7.43. The van der Waals surface area contributed by atoms with Gasteiger partial charge in [-0.1, -0.05) is 29.8 Å². The van der Waals surface area contributed by atoms with Crippen molar-refractivity contribution in [3.05, 3.63) is 82.8 Å². The number of amides is 2. The lowest BCUT2D eigenvalue weighted by Gasteiger charge is -2.24. The molecule has 2 amide bonds. The van der Waals surface area contributed by atoms with Crippen LogP contribution in [0.2, 0.25) is 5.02 Å². The molecule has 0 radical (unpaired) electrons. The van der Waals surface area contributed by atoms with Crippen LogP contribution < -0.4 is 5.32 Å². The number of hydrogen-bond donors (Lipinski definition) is 2. The number of aliphatic hydroxyl groups excluding tert-OH is 1. The van der Waals surface area contributed by atoms with Crippen molar-refractivity contribution in [3.63, 3.8) is 0 Å². The molecule has 2 aromatic carbocycles. The van der Waals surface area contributed by atoms with Gasteiger partial charge in [-0.2, -0.15) is 0 Å². The molecule has 1 aliphatic rings. The van der Waals surface area contributed by atoms with Gasteiger partial charge in [0.1, 0.15) is 30.4 Å². The third-order valence-electron chi connectivity index (χ3n) is 7.14. The van der Waals surface area contributed by atoms with E-state index >= 15 is 0 Å². The summed E-state index contributed by atoms with van der Waals surface area (Å²) in [5.41, 5.74) is 3.18. The number of likely N-dealkylation sites (tertiary alicyclic amines) is 1.